The summed E-state index contributed by atoms with van der Waals surface area (Å²) in [5.41, 5.74) is 0. The van der Waals surface area contributed by atoms with E-state index in [4.69, 9.17) is 3.83 Å². The van der Waals surface area contributed by atoms with Crippen LogP contribution in [0.3, 0.4) is 0 Å². The largest absolute Gasteiger partial charge is 0 e. The first-order valence-corrected chi connectivity index (χ1v) is 0.508. The molecule has 0 heterocycles. The molecule has 5 heteroatoms. The van der Waals surface area contributed by atoms with Crippen LogP contribution in [0, 0.1) is 41.3 Å². The summed E-state index contributed by atoms with van der Waals surface area (Å²) in [6.07, 6.45) is 0. The van der Waals surface area contributed by atoms with Crippen molar-refractivity contribution in [1.29, 1.82) is 0 Å². The molecule has 0 unspecified atom stereocenters. The van der Waals surface area contributed by atoms with Gasteiger partial charge < -0.3 is 2.85 Å². The predicted octanol–water partition coefficient (Wildman–Crippen LogP) is -0.280. The van der Waals surface area contributed by atoms with E-state index in [9.17, 15) is 0 Å². The first-order chi connectivity index (χ1) is 1.00. The SMILES string of the molecule is [Ba+2].[H-].[H-].[O]=[Cu].[Pr].[Y]. The standard InChI is InChI=1S/Ba.Cu.O.Pr.Y.2H/q+2;;;;;2*-1. The topological polar surface area (TPSA) is 17.1 Å². The third kappa shape index (κ3) is 17.8. The first kappa shape index (κ1) is 22.8. The Morgan fingerprint density at radius 1 is 1.40 bits per heavy atom. The van der Waals surface area contributed by atoms with Gasteiger partial charge in [-0.15, -0.1) is 0 Å². The van der Waals surface area contributed by atoms with E-state index in [0.717, 1.165) is 0 Å². The van der Waals surface area contributed by atoms with Gasteiger partial charge in [-0.25, -0.2) is 0 Å². The van der Waals surface area contributed by atoms with Crippen LogP contribution >= 0.6 is 0 Å². The maximum absolute atomic E-state index is 7.81. The van der Waals surface area contributed by atoms with Crippen LogP contribution < -0.4 is 0 Å². The van der Waals surface area contributed by atoms with Crippen molar-refractivity contribution in [2.45, 2.75) is 0 Å². The molecule has 0 saturated carbocycles. The third-order valence-electron chi connectivity index (χ3n) is 0. The van der Waals surface area contributed by atoms with E-state index in [1.54, 1.807) is 0 Å². The number of hydrogen-bond acceptors (Lipinski definition) is 1. The van der Waals surface area contributed by atoms with Gasteiger partial charge in [0.2, 0.25) is 0 Å². The number of hydrogen-bond donors (Lipinski definition) is 0. The molecule has 0 aromatic rings. The van der Waals surface area contributed by atoms with E-state index >= 15 is 0 Å². The molecule has 0 saturated heterocycles. The zero-order valence-electron chi connectivity index (χ0n) is 4.57. The van der Waals surface area contributed by atoms with E-state index in [1.165, 1.54) is 0 Å². The van der Waals surface area contributed by atoms with Gasteiger partial charge in [0.05, 0.1) is 0 Å². The fourth-order valence-corrected chi connectivity index (χ4v) is 0. The summed E-state index contributed by atoms with van der Waals surface area (Å²) in [5, 5.41) is 0. The van der Waals surface area contributed by atoms with Gasteiger partial charge in [-0.1, -0.05) is 0 Å². The molecule has 0 aromatic carbocycles. The van der Waals surface area contributed by atoms with E-state index in [0.29, 0.717) is 0 Å². The summed E-state index contributed by atoms with van der Waals surface area (Å²) < 4.78 is 7.81. The minimum absolute atomic E-state index is 0. The van der Waals surface area contributed by atoms with Crippen molar-refractivity contribution in [3.63, 3.8) is 0 Å². The molecule has 0 rings (SSSR count). The summed E-state index contributed by atoms with van der Waals surface area (Å²) in [4.78, 5) is 0. The summed E-state index contributed by atoms with van der Waals surface area (Å²) in [5.74, 6) is 0. The quantitative estimate of drug-likeness (QED) is 0.466. The monoisotopic (exact) mass is 449 g/mol. The summed E-state index contributed by atoms with van der Waals surface area (Å²) in [7, 11) is 0. The fourth-order valence-electron chi connectivity index (χ4n) is 0. The Labute approximate surface area is 141 Å². The summed E-state index contributed by atoms with van der Waals surface area (Å²) in [6, 6.07) is 0. The van der Waals surface area contributed by atoms with Crippen LogP contribution in [0.15, 0.2) is 0 Å². The zero-order valence-corrected chi connectivity index (χ0v) is 14.5. The van der Waals surface area contributed by atoms with Crippen molar-refractivity contribution >= 4 is 48.9 Å². The molecule has 0 aromatic heterocycles. The van der Waals surface area contributed by atoms with Gasteiger partial charge in [-0.3, -0.25) is 0 Å². The minimum Gasteiger partial charge on any atom is 0 e. The average Bonchev–Trinajstić information content (AvgIpc) is 1.00. The van der Waals surface area contributed by atoms with Crippen molar-refractivity contribution < 1.29 is 96.6 Å². The maximum atomic E-state index is 7.81. The molecule has 0 spiro atoms. The Hall–Kier alpha value is 4.36. The zero-order chi connectivity index (χ0) is 2.00. The molecule has 27 valence electrons. The van der Waals surface area contributed by atoms with Crippen molar-refractivity contribution in [2.24, 2.45) is 0 Å². The second-order valence-corrected chi connectivity index (χ2v) is 0. The van der Waals surface area contributed by atoms with Crippen molar-refractivity contribution in [3.8, 4) is 0 Å². The van der Waals surface area contributed by atoms with Crippen LogP contribution in [0.25, 0.3) is 0 Å². The molecular formula is H2BaCuOPrY. The van der Waals surface area contributed by atoms with Crippen LogP contribution in [-0.2, 0) is 52.5 Å². The molecule has 0 amide bonds. The second kappa shape index (κ2) is 23.8. The van der Waals surface area contributed by atoms with Gasteiger partial charge in [-0.2, -0.15) is 0 Å². The molecule has 5 heavy (non-hydrogen) atoms. The van der Waals surface area contributed by atoms with Crippen molar-refractivity contribution in [2.75, 3.05) is 0 Å². The third-order valence-corrected chi connectivity index (χ3v) is 0. The second-order valence-electron chi connectivity index (χ2n) is 0. The van der Waals surface area contributed by atoms with Crippen molar-refractivity contribution in [3.05, 3.63) is 0 Å². The van der Waals surface area contributed by atoms with Crippen molar-refractivity contribution in [1.82, 2.24) is 0 Å². The molecule has 0 N–H and O–H groups in total. The van der Waals surface area contributed by atoms with Gasteiger partial charge in [0.25, 0.3) is 0 Å². The van der Waals surface area contributed by atoms with Crippen LogP contribution in [0.2, 0.25) is 0 Å². The van der Waals surface area contributed by atoms with E-state index in [2.05, 4.69) is 15.9 Å². The molecule has 0 aliphatic heterocycles. The molecular weight excluding hydrogens is 447 g/mol. The van der Waals surface area contributed by atoms with Crippen LogP contribution in [-0.4, -0.2) is 48.9 Å². The van der Waals surface area contributed by atoms with E-state index in [1.807, 2.05) is 0 Å². The Balaban J connectivity index is -0.000000000500. The molecule has 0 aliphatic rings. The van der Waals surface area contributed by atoms with Gasteiger partial charge >= 0.3 is 68.7 Å². The Morgan fingerprint density at radius 3 is 1.40 bits per heavy atom. The average molecular weight is 449 g/mol. The van der Waals surface area contributed by atoms with Gasteiger partial charge in [-0.05, 0) is 0 Å². The van der Waals surface area contributed by atoms with Crippen LogP contribution in [0.4, 0.5) is 0 Å². The fraction of sp³-hybridized carbons (Fsp3) is 0. The minimum atomic E-state index is 0. The molecule has 0 atom stereocenters. The molecule has 0 fully saturated rings. The first-order valence-electron chi connectivity index (χ1n) is 0.123. The molecule has 2 radical (unpaired) electrons. The maximum Gasteiger partial charge on any atom is 0 e. The van der Waals surface area contributed by atoms with Gasteiger partial charge in [0.15, 0.2) is 0 Å². The van der Waals surface area contributed by atoms with Crippen LogP contribution in [0.5, 0.6) is 0 Å². The molecule has 0 bridgehead atoms. The Bertz CT molecular complexity index is 17.7. The molecule has 0 aliphatic carbocycles. The Morgan fingerprint density at radius 2 is 1.40 bits per heavy atom. The number of rotatable bonds is 0. The predicted molar refractivity (Wildman–Crippen MR) is 8.66 cm³/mol. The van der Waals surface area contributed by atoms with E-state index < -0.39 is 0 Å². The normalized spacial score (nSPS) is 1.20. The van der Waals surface area contributed by atoms with Gasteiger partial charge in [0.1, 0.15) is 0 Å². The Kier molecular flexibility index (Phi) is 109. The summed E-state index contributed by atoms with van der Waals surface area (Å²) >= 11 is 2.94. The van der Waals surface area contributed by atoms with Crippen LogP contribution in [0.1, 0.15) is 2.85 Å². The molecule has 1 nitrogen and oxygen atoms in total. The smallest absolute Gasteiger partial charge is 0 e. The van der Waals surface area contributed by atoms with E-state index in [-0.39, 0.29) is 126 Å². The van der Waals surface area contributed by atoms with Gasteiger partial charge in [0, 0.05) is 74.0 Å². The summed E-state index contributed by atoms with van der Waals surface area (Å²) in [6.45, 7) is 0.